The molecule has 0 spiro atoms. The van der Waals surface area contributed by atoms with Gasteiger partial charge in [0.05, 0.1) is 6.61 Å². The fourth-order valence-electron chi connectivity index (χ4n) is 3.56. The zero-order chi connectivity index (χ0) is 10.6. The molecule has 0 bridgehead atoms. The Bertz CT molecular complexity index is 233. The number of hydrogen-bond acceptors (Lipinski definition) is 2. The lowest BCUT2D eigenvalue weighted by Gasteiger charge is -2.37. The maximum Gasteiger partial charge on any atom is 0.0534 e. The van der Waals surface area contributed by atoms with Gasteiger partial charge in [0.1, 0.15) is 0 Å². The minimum atomic E-state index is 0.316. The van der Waals surface area contributed by atoms with E-state index in [9.17, 15) is 0 Å². The average Bonchev–Trinajstić information content (AvgIpc) is 2.53. The van der Waals surface area contributed by atoms with Crippen molar-refractivity contribution in [2.75, 3.05) is 13.7 Å². The minimum Gasteiger partial charge on any atom is -0.384 e. The molecule has 2 heteroatoms. The Morgan fingerprint density at radius 1 is 1.36 bits per heavy atom. The number of methoxy groups -OCH3 is 1. The Balaban J connectivity index is 2.10. The first-order valence-electron chi connectivity index (χ1n) is 5.68. The van der Waals surface area contributed by atoms with Crippen molar-refractivity contribution in [3.63, 3.8) is 0 Å². The monoisotopic (exact) mass is 197 g/mol. The van der Waals surface area contributed by atoms with E-state index in [1.54, 1.807) is 0 Å². The van der Waals surface area contributed by atoms with Gasteiger partial charge >= 0.3 is 0 Å². The van der Waals surface area contributed by atoms with Gasteiger partial charge in [-0.15, -0.1) is 0 Å². The summed E-state index contributed by atoms with van der Waals surface area (Å²) in [5.41, 5.74) is 0.831. The van der Waals surface area contributed by atoms with E-state index in [-0.39, 0.29) is 0 Å². The summed E-state index contributed by atoms with van der Waals surface area (Å²) < 4.78 is 5.35. The van der Waals surface area contributed by atoms with Gasteiger partial charge in [0, 0.05) is 30.1 Å². The van der Waals surface area contributed by atoms with Crippen molar-refractivity contribution in [3.8, 4) is 0 Å². The minimum absolute atomic E-state index is 0.316. The Hall–Kier alpha value is -0.0800. The maximum atomic E-state index is 5.35. The second-order valence-corrected chi connectivity index (χ2v) is 6.15. The molecule has 0 radical (unpaired) electrons. The van der Waals surface area contributed by atoms with Gasteiger partial charge in [-0.05, 0) is 40.5 Å². The first-order valence-corrected chi connectivity index (χ1v) is 5.68. The van der Waals surface area contributed by atoms with Gasteiger partial charge in [-0.1, -0.05) is 0 Å². The van der Waals surface area contributed by atoms with Crippen molar-refractivity contribution < 1.29 is 4.74 Å². The average molecular weight is 197 g/mol. The second-order valence-electron chi connectivity index (χ2n) is 6.15. The Labute approximate surface area is 87.6 Å². The van der Waals surface area contributed by atoms with E-state index >= 15 is 0 Å². The van der Waals surface area contributed by atoms with E-state index in [4.69, 9.17) is 4.74 Å². The summed E-state index contributed by atoms with van der Waals surface area (Å²) in [6.07, 6.45) is 2.67. The lowest BCUT2D eigenvalue weighted by Crippen LogP contribution is -2.45. The van der Waals surface area contributed by atoms with Crippen molar-refractivity contribution in [2.45, 2.75) is 58.2 Å². The molecule has 2 fully saturated rings. The SMILES string of the molecule is COC[C@]12C[C@@H](C)N(C(C)(C)C)[C@H]1C2. The second kappa shape index (κ2) is 2.96. The van der Waals surface area contributed by atoms with Crippen LogP contribution in [0, 0.1) is 5.41 Å². The molecule has 1 saturated carbocycles. The Morgan fingerprint density at radius 2 is 2.00 bits per heavy atom. The van der Waals surface area contributed by atoms with Crippen LogP contribution in [0.1, 0.15) is 40.5 Å². The summed E-state index contributed by atoms with van der Waals surface area (Å²) in [4.78, 5) is 2.69. The smallest absolute Gasteiger partial charge is 0.0534 e. The van der Waals surface area contributed by atoms with Crippen LogP contribution < -0.4 is 0 Å². The molecule has 0 aromatic heterocycles. The van der Waals surface area contributed by atoms with Crippen molar-refractivity contribution in [1.29, 1.82) is 0 Å². The quantitative estimate of drug-likeness (QED) is 0.673. The number of likely N-dealkylation sites (tertiary alicyclic amines) is 1. The topological polar surface area (TPSA) is 12.5 Å². The highest BCUT2D eigenvalue weighted by atomic mass is 16.5. The van der Waals surface area contributed by atoms with Crippen molar-refractivity contribution in [2.24, 2.45) is 5.41 Å². The number of ether oxygens (including phenoxy) is 1. The van der Waals surface area contributed by atoms with Gasteiger partial charge in [-0.25, -0.2) is 0 Å². The molecule has 0 unspecified atom stereocenters. The highest BCUT2D eigenvalue weighted by molar-refractivity contribution is 5.18. The van der Waals surface area contributed by atoms with Crippen LogP contribution in [0.5, 0.6) is 0 Å². The summed E-state index contributed by atoms with van der Waals surface area (Å²) in [7, 11) is 1.83. The molecule has 0 amide bonds. The summed E-state index contributed by atoms with van der Waals surface area (Å²) in [6.45, 7) is 10.3. The largest absolute Gasteiger partial charge is 0.384 e. The maximum absolute atomic E-state index is 5.35. The summed E-state index contributed by atoms with van der Waals surface area (Å²) in [5.74, 6) is 0. The zero-order valence-corrected chi connectivity index (χ0v) is 10.1. The molecule has 2 aliphatic rings. The van der Waals surface area contributed by atoms with Crippen molar-refractivity contribution in [1.82, 2.24) is 4.90 Å². The molecule has 2 rings (SSSR count). The summed E-state index contributed by atoms with van der Waals surface area (Å²) >= 11 is 0. The van der Waals surface area contributed by atoms with E-state index in [0.29, 0.717) is 11.0 Å². The van der Waals surface area contributed by atoms with Crippen LogP contribution in [0.25, 0.3) is 0 Å². The van der Waals surface area contributed by atoms with Gasteiger partial charge in [0.15, 0.2) is 0 Å². The number of rotatable bonds is 2. The van der Waals surface area contributed by atoms with Crippen molar-refractivity contribution in [3.05, 3.63) is 0 Å². The van der Waals surface area contributed by atoms with E-state index in [1.807, 2.05) is 7.11 Å². The van der Waals surface area contributed by atoms with Gasteiger partial charge < -0.3 is 4.74 Å². The third-order valence-electron chi connectivity index (χ3n) is 3.87. The van der Waals surface area contributed by atoms with Crippen LogP contribution in [0.15, 0.2) is 0 Å². The molecule has 1 heterocycles. The highest BCUT2D eigenvalue weighted by Gasteiger charge is 2.65. The third-order valence-corrected chi connectivity index (χ3v) is 3.87. The summed E-state index contributed by atoms with van der Waals surface area (Å²) in [6, 6.07) is 1.52. The third kappa shape index (κ3) is 1.40. The van der Waals surface area contributed by atoms with Crippen LogP contribution in [0.3, 0.4) is 0 Å². The standard InChI is InChI=1S/C12H23NO/c1-9-6-12(8-14-5)7-10(12)13(9)11(2,3)4/h9-10H,6-8H2,1-5H3/t9-,10+,12-/m1/s1. The van der Waals surface area contributed by atoms with Crippen molar-refractivity contribution >= 4 is 0 Å². The van der Waals surface area contributed by atoms with Gasteiger partial charge in [0.2, 0.25) is 0 Å². The number of nitrogens with zero attached hydrogens (tertiary/aromatic N) is 1. The molecule has 0 aromatic rings. The molecule has 14 heavy (non-hydrogen) atoms. The van der Waals surface area contributed by atoms with Crippen LogP contribution >= 0.6 is 0 Å². The normalized spacial score (nSPS) is 42.6. The summed E-state index contributed by atoms with van der Waals surface area (Å²) in [5, 5.41) is 0. The fraction of sp³-hybridized carbons (Fsp3) is 1.00. The van der Waals surface area contributed by atoms with Gasteiger partial charge in [-0.3, -0.25) is 4.90 Å². The number of hydrogen-bond donors (Lipinski definition) is 0. The predicted molar refractivity (Wildman–Crippen MR) is 58.4 cm³/mol. The van der Waals surface area contributed by atoms with E-state index < -0.39 is 0 Å². The molecule has 1 saturated heterocycles. The van der Waals surface area contributed by atoms with E-state index in [0.717, 1.165) is 18.7 Å². The van der Waals surface area contributed by atoms with E-state index in [2.05, 4.69) is 32.6 Å². The van der Waals surface area contributed by atoms with Crippen LogP contribution in [0.4, 0.5) is 0 Å². The molecule has 1 aliphatic carbocycles. The first kappa shape index (κ1) is 10.4. The molecule has 1 aliphatic heterocycles. The molecule has 82 valence electrons. The van der Waals surface area contributed by atoms with Crippen LogP contribution in [0.2, 0.25) is 0 Å². The predicted octanol–water partition coefficient (Wildman–Crippen LogP) is 2.28. The fourth-order valence-corrected chi connectivity index (χ4v) is 3.56. The molecular formula is C12H23NO. The van der Waals surface area contributed by atoms with E-state index in [1.165, 1.54) is 12.8 Å². The molecule has 0 N–H and O–H groups in total. The lowest BCUT2D eigenvalue weighted by molar-refractivity contribution is 0.103. The lowest BCUT2D eigenvalue weighted by atomic mass is 10.0. The molecule has 0 aromatic carbocycles. The number of piperidine rings is 1. The number of fused-ring (bicyclic) bond motifs is 1. The molecule has 2 nitrogen and oxygen atoms in total. The van der Waals surface area contributed by atoms with Gasteiger partial charge in [-0.2, -0.15) is 0 Å². The van der Waals surface area contributed by atoms with Gasteiger partial charge in [0.25, 0.3) is 0 Å². The Kier molecular flexibility index (Phi) is 2.20. The first-order chi connectivity index (χ1) is 6.41. The van der Waals surface area contributed by atoms with Crippen LogP contribution in [-0.4, -0.2) is 36.2 Å². The highest BCUT2D eigenvalue weighted by Crippen LogP contribution is 2.61. The molecular weight excluding hydrogens is 174 g/mol. The molecule has 3 atom stereocenters. The Morgan fingerprint density at radius 3 is 2.43 bits per heavy atom. The van der Waals surface area contributed by atoms with Crippen LogP contribution in [-0.2, 0) is 4.74 Å². The zero-order valence-electron chi connectivity index (χ0n) is 10.1.